The number of benzene rings is 1. The Bertz CT molecular complexity index is 1160. The van der Waals surface area contributed by atoms with Gasteiger partial charge in [-0.15, -0.1) is 11.3 Å². The highest BCUT2D eigenvalue weighted by Crippen LogP contribution is 2.40. The highest BCUT2D eigenvalue weighted by Gasteiger charge is 2.22. The number of hydrogen-bond acceptors (Lipinski definition) is 7. The number of fused-ring (bicyclic) bond motifs is 2. The van der Waals surface area contributed by atoms with Crippen molar-refractivity contribution in [2.45, 2.75) is 51.4 Å². The lowest BCUT2D eigenvalue weighted by atomic mass is 9.88. The van der Waals surface area contributed by atoms with Gasteiger partial charge in [0.2, 0.25) is 0 Å². The fraction of sp³-hybridized carbons (Fsp3) is 0.458. The molecule has 182 valence electrons. The van der Waals surface area contributed by atoms with Gasteiger partial charge in [0.05, 0.1) is 10.4 Å². The normalized spacial score (nSPS) is 15.5. The molecule has 1 aliphatic heterocycles. The second kappa shape index (κ2) is 11.1. The number of aryl methyl sites for hydroxylation is 1. The number of nitrogens with zero attached hydrogens (tertiary/aromatic N) is 2. The van der Waals surface area contributed by atoms with E-state index in [4.69, 9.17) is 46.1 Å². The number of ether oxygens (including phenoxy) is 2. The minimum Gasteiger partial charge on any atom is -0.486 e. The molecule has 3 aromatic rings. The quantitative estimate of drug-likeness (QED) is 0.367. The summed E-state index contributed by atoms with van der Waals surface area (Å²) >= 11 is 8.28. The van der Waals surface area contributed by atoms with Crippen molar-refractivity contribution in [3.05, 3.63) is 39.5 Å². The molecule has 5 rings (SSSR count). The monoisotopic (exact) mass is 505 g/mol. The summed E-state index contributed by atoms with van der Waals surface area (Å²) in [4.78, 5) is 20.5. The molecular formula is C24H28ClN3O5S. The van der Waals surface area contributed by atoms with Crippen LogP contribution in [-0.2, 0) is 6.42 Å². The van der Waals surface area contributed by atoms with E-state index in [0.717, 1.165) is 56.2 Å². The zero-order valence-electron chi connectivity index (χ0n) is 19.0. The Kier molecular flexibility index (Phi) is 7.95. The Morgan fingerprint density at radius 1 is 1.15 bits per heavy atom. The molecule has 8 nitrogen and oxygen atoms in total. The van der Waals surface area contributed by atoms with Crippen molar-refractivity contribution in [2.75, 3.05) is 25.1 Å². The molecule has 1 saturated carbocycles. The first-order valence-electron chi connectivity index (χ1n) is 11.4. The molecule has 0 unspecified atom stereocenters. The van der Waals surface area contributed by atoms with Gasteiger partial charge in [0.1, 0.15) is 29.7 Å². The topological polar surface area (TPSA) is 114 Å². The lowest BCUT2D eigenvalue weighted by Crippen LogP contribution is -2.15. The van der Waals surface area contributed by atoms with Gasteiger partial charge in [-0.25, -0.2) is 14.8 Å². The van der Waals surface area contributed by atoms with Crippen LogP contribution in [0.1, 0.15) is 54.3 Å². The summed E-state index contributed by atoms with van der Waals surface area (Å²) in [5.74, 6) is 3.96. The van der Waals surface area contributed by atoms with E-state index < -0.39 is 6.16 Å². The molecule has 0 atom stereocenters. The van der Waals surface area contributed by atoms with E-state index in [1.807, 2.05) is 13.0 Å². The van der Waals surface area contributed by atoms with Crippen molar-refractivity contribution in [1.29, 1.82) is 0 Å². The molecule has 10 heteroatoms. The smallest absolute Gasteiger partial charge is 0.486 e. The number of carboxylic acid groups (broad SMARTS) is 2. The first-order valence-corrected chi connectivity index (χ1v) is 12.6. The zero-order chi connectivity index (χ0) is 24.1. The fourth-order valence-corrected chi connectivity index (χ4v) is 5.61. The summed E-state index contributed by atoms with van der Waals surface area (Å²) in [7, 11) is 0. The Balaban J connectivity index is 0.000000636. The molecule has 0 bridgehead atoms. The number of thiophene rings is 1. The van der Waals surface area contributed by atoms with Crippen LogP contribution in [0.2, 0.25) is 5.02 Å². The standard InChI is InChI=1S/C23H26ClN3O2S.CH2O3/c1-14-20(24)19-22(26-21(27-23(19)30-14)16-5-3-2-4-6-16)25-10-9-15-7-8-17-18(13-15)29-12-11-28-17;2-1(3)4/h7-8,13,16H,2-6,9-12H2,1H3,(H,25,26,27);(H2,2,3,4). The van der Waals surface area contributed by atoms with Crippen LogP contribution in [0.5, 0.6) is 11.5 Å². The van der Waals surface area contributed by atoms with E-state index in [9.17, 15) is 0 Å². The van der Waals surface area contributed by atoms with E-state index in [-0.39, 0.29) is 0 Å². The summed E-state index contributed by atoms with van der Waals surface area (Å²) in [6, 6.07) is 6.16. The van der Waals surface area contributed by atoms with E-state index in [1.54, 1.807) is 11.3 Å². The lowest BCUT2D eigenvalue weighted by molar-refractivity contribution is 0.137. The SMILES string of the molecule is Cc1sc2nc(C3CCCCC3)nc(NCCc3ccc4c(c3)OCCO4)c2c1Cl.O=C(O)O. The van der Waals surface area contributed by atoms with E-state index in [1.165, 1.54) is 37.7 Å². The van der Waals surface area contributed by atoms with Crippen LogP contribution in [0.3, 0.4) is 0 Å². The van der Waals surface area contributed by atoms with Crippen molar-refractivity contribution in [1.82, 2.24) is 9.97 Å². The Morgan fingerprint density at radius 2 is 1.85 bits per heavy atom. The minimum absolute atomic E-state index is 0.461. The highest BCUT2D eigenvalue weighted by atomic mass is 35.5. The van der Waals surface area contributed by atoms with Crippen LogP contribution in [0, 0.1) is 6.92 Å². The van der Waals surface area contributed by atoms with Crippen LogP contribution in [0.15, 0.2) is 18.2 Å². The molecule has 3 heterocycles. The van der Waals surface area contributed by atoms with Gasteiger partial charge in [0.15, 0.2) is 11.5 Å². The summed E-state index contributed by atoms with van der Waals surface area (Å²) in [6.45, 7) is 4.03. The Labute approximate surface area is 206 Å². The Morgan fingerprint density at radius 3 is 2.59 bits per heavy atom. The molecule has 34 heavy (non-hydrogen) atoms. The third kappa shape index (κ3) is 5.82. The number of rotatable bonds is 5. The fourth-order valence-electron chi connectivity index (χ4n) is 4.33. The highest BCUT2D eigenvalue weighted by molar-refractivity contribution is 7.19. The van der Waals surface area contributed by atoms with Crippen LogP contribution in [0.4, 0.5) is 10.6 Å². The molecule has 0 amide bonds. The molecule has 3 N–H and O–H groups in total. The molecule has 0 radical (unpaired) electrons. The predicted octanol–water partition coefficient (Wildman–Crippen LogP) is 6.35. The second-order valence-electron chi connectivity index (χ2n) is 8.36. The summed E-state index contributed by atoms with van der Waals surface area (Å²) < 4.78 is 11.3. The third-order valence-corrected chi connectivity index (χ3v) is 7.54. The Hall–Kier alpha value is -2.78. The lowest BCUT2D eigenvalue weighted by Gasteiger charge is -2.21. The molecule has 2 aliphatic rings. The number of anilines is 1. The molecule has 1 aliphatic carbocycles. The van der Waals surface area contributed by atoms with Crippen molar-refractivity contribution in [3.63, 3.8) is 0 Å². The summed E-state index contributed by atoms with van der Waals surface area (Å²) in [5.41, 5.74) is 1.21. The van der Waals surface area contributed by atoms with Gasteiger partial charge in [-0.05, 0) is 43.9 Å². The number of nitrogens with one attached hydrogen (secondary N) is 1. The van der Waals surface area contributed by atoms with Gasteiger partial charge in [0, 0.05) is 17.3 Å². The van der Waals surface area contributed by atoms with Crippen molar-refractivity contribution in [2.24, 2.45) is 0 Å². The maximum absolute atomic E-state index is 8.56. The molecule has 0 saturated heterocycles. The van der Waals surface area contributed by atoms with Gasteiger partial charge in [0.25, 0.3) is 0 Å². The summed E-state index contributed by atoms with van der Waals surface area (Å²) in [6.07, 6.45) is 5.25. The molecule has 1 fully saturated rings. The second-order valence-corrected chi connectivity index (χ2v) is 9.94. The van der Waals surface area contributed by atoms with E-state index in [0.29, 0.717) is 19.1 Å². The van der Waals surface area contributed by atoms with Gasteiger partial charge < -0.3 is 25.0 Å². The molecule has 1 aromatic carbocycles. The maximum Gasteiger partial charge on any atom is 0.503 e. The van der Waals surface area contributed by atoms with Gasteiger partial charge in [-0.1, -0.05) is 36.9 Å². The van der Waals surface area contributed by atoms with Gasteiger partial charge in [-0.2, -0.15) is 0 Å². The van der Waals surface area contributed by atoms with Crippen LogP contribution in [0.25, 0.3) is 10.2 Å². The number of aromatic nitrogens is 2. The van der Waals surface area contributed by atoms with Crippen molar-refractivity contribution in [3.8, 4) is 11.5 Å². The number of hydrogen-bond donors (Lipinski definition) is 3. The number of carbonyl (C=O) groups is 1. The summed E-state index contributed by atoms with van der Waals surface area (Å²) in [5, 5.41) is 19.2. The first kappa shape index (κ1) is 24.3. The van der Waals surface area contributed by atoms with Crippen LogP contribution < -0.4 is 14.8 Å². The van der Waals surface area contributed by atoms with Gasteiger partial charge in [-0.3, -0.25) is 0 Å². The maximum atomic E-state index is 8.56. The third-order valence-electron chi connectivity index (χ3n) is 5.95. The largest absolute Gasteiger partial charge is 0.503 e. The van der Waals surface area contributed by atoms with Crippen LogP contribution in [-0.4, -0.2) is 46.1 Å². The zero-order valence-corrected chi connectivity index (χ0v) is 20.5. The van der Waals surface area contributed by atoms with Crippen LogP contribution >= 0.6 is 22.9 Å². The van der Waals surface area contributed by atoms with Crippen molar-refractivity contribution >= 4 is 45.1 Å². The van der Waals surface area contributed by atoms with Gasteiger partial charge >= 0.3 is 6.16 Å². The molecule has 0 spiro atoms. The first-order chi connectivity index (χ1) is 16.4. The molecule has 2 aromatic heterocycles. The van der Waals surface area contributed by atoms with Crippen molar-refractivity contribution < 1.29 is 24.5 Å². The predicted molar refractivity (Wildman–Crippen MR) is 133 cm³/mol. The minimum atomic E-state index is -1.83. The average molecular weight is 506 g/mol. The van der Waals surface area contributed by atoms with E-state index >= 15 is 0 Å². The average Bonchev–Trinajstić information content (AvgIpc) is 3.12. The number of halogens is 1. The van der Waals surface area contributed by atoms with E-state index in [2.05, 4.69) is 17.4 Å². The molecular weight excluding hydrogens is 478 g/mol.